The normalized spacial score (nSPS) is 14.7. The standard InChI is InChI=1S/C12H14N6OS/c1-18-5-2-8-9(7-18)20-12(15-8)17-11(19)16-10-6-13-3-4-14-10/h3-4,6H,2,5,7H2,1H3,(H2,14,15,16,17,19). The maximum atomic E-state index is 11.8. The van der Waals surface area contributed by atoms with Crippen LogP contribution in [0.1, 0.15) is 10.6 Å². The molecule has 20 heavy (non-hydrogen) atoms. The maximum Gasteiger partial charge on any atom is 0.326 e. The highest BCUT2D eigenvalue weighted by atomic mass is 32.1. The number of amides is 2. The summed E-state index contributed by atoms with van der Waals surface area (Å²) in [6.07, 6.45) is 5.49. The molecule has 3 rings (SSSR count). The number of carbonyl (C=O) groups is 1. The Balaban J connectivity index is 1.65. The van der Waals surface area contributed by atoms with Crippen molar-refractivity contribution in [3.63, 3.8) is 0 Å². The minimum absolute atomic E-state index is 0.357. The van der Waals surface area contributed by atoms with E-state index in [-0.39, 0.29) is 6.03 Å². The number of thiazole rings is 1. The van der Waals surface area contributed by atoms with E-state index in [9.17, 15) is 4.79 Å². The summed E-state index contributed by atoms with van der Waals surface area (Å²) in [5.74, 6) is 0.408. The van der Waals surface area contributed by atoms with Gasteiger partial charge in [-0.15, -0.1) is 11.3 Å². The lowest BCUT2D eigenvalue weighted by molar-refractivity contribution is 0.262. The van der Waals surface area contributed by atoms with Crippen molar-refractivity contribution in [2.24, 2.45) is 0 Å². The smallest absolute Gasteiger partial charge is 0.301 e. The molecule has 0 atom stereocenters. The van der Waals surface area contributed by atoms with Crippen LogP contribution in [0.4, 0.5) is 15.7 Å². The summed E-state index contributed by atoms with van der Waals surface area (Å²) in [6, 6.07) is -0.357. The molecule has 2 aromatic heterocycles. The zero-order valence-electron chi connectivity index (χ0n) is 11.0. The Labute approximate surface area is 120 Å². The first-order chi connectivity index (χ1) is 9.70. The van der Waals surface area contributed by atoms with Crippen molar-refractivity contribution >= 4 is 28.3 Å². The lowest BCUT2D eigenvalue weighted by Crippen LogP contribution is -2.25. The third kappa shape index (κ3) is 2.91. The van der Waals surface area contributed by atoms with Gasteiger partial charge in [-0.25, -0.2) is 14.8 Å². The monoisotopic (exact) mass is 290 g/mol. The molecular weight excluding hydrogens is 276 g/mol. The van der Waals surface area contributed by atoms with Gasteiger partial charge < -0.3 is 4.90 Å². The van der Waals surface area contributed by atoms with Gasteiger partial charge in [0.15, 0.2) is 10.9 Å². The summed E-state index contributed by atoms with van der Waals surface area (Å²) in [6.45, 7) is 1.89. The van der Waals surface area contributed by atoms with Crippen molar-refractivity contribution in [2.75, 3.05) is 24.2 Å². The summed E-state index contributed by atoms with van der Waals surface area (Å²) in [7, 11) is 2.08. The van der Waals surface area contributed by atoms with Crippen LogP contribution in [0.3, 0.4) is 0 Å². The van der Waals surface area contributed by atoms with Gasteiger partial charge in [0.2, 0.25) is 0 Å². The summed E-state index contributed by atoms with van der Waals surface area (Å²) < 4.78 is 0. The first kappa shape index (κ1) is 12.9. The highest BCUT2D eigenvalue weighted by molar-refractivity contribution is 7.15. The predicted molar refractivity (Wildman–Crippen MR) is 76.8 cm³/mol. The first-order valence-corrected chi connectivity index (χ1v) is 7.03. The van der Waals surface area contributed by atoms with Gasteiger partial charge in [-0.1, -0.05) is 0 Å². The second kappa shape index (κ2) is 5.51. The Morgan fingerprint density at radius 2 is 2.30 bits per heavy atom. The van der Waals surface area contributed by atoms with Crippen LogP contribution in [-0.2, 0) is 13.0 Å². The van der Waals surface area contributed by atoms with E-state index in [0.717, 1.165) is 25.2 Å². The van der Waals surface area contributed by atoms with Crippen LogP contribution in [0, 0.1) is 0 Å². The third-order valence-corrected chi connectivity index (χ3v) is 3.95. The molecule has 0 unspecified atom stereocenters. The van der Waals surface area contributed by atoms with E-state index in [4.69, 9.17) is 0 Å². The Bertz CT molecular complexity index is 614. The minimum atomic E-state index is -0.357. The minimum Gasteiger partial charge on any atom is -0.301 e. The number of aromatic nitrogens is 3. The molecule has 2 aromatic rings. The Morgan fingerprint density at radius 1 is 1.40 bits per heavy atom. The molecule has 0 radical (unpaired) electrons. The van der Waals surface area contributed by atoms with Gasteiger partial charge in [0.25, 0.3) is 0 Å². The van der Waals surface area contributed by atoms with Crippen molar-refractivity contribution in [3.05, 3.63) is 29.2 Å². The number of anilines is 2. The van der Waals surface area contributed by atoms with Crippen LogP contribution < -0.4 is 10.6 Å². The average molecular weight is 290 g/mol. The molecule has 0 saturated carbocycles. The number of nitrogens with zero attached hydrogens (tertiary/aromatic N) is 4. The van der Waals surface area contributed by atoms with Crippen molar-refractivity contribution in [2.45, 2.75) is 13.0 Å². The number of rotatable bonds is 2. The SMILES string of the molecule is CN1CCc2nc(NC(=O)Nc3cnccn3)sc2C1. The molecule has 0 fully saturated rings. The van der Waals surface area contributed by atoms with E-state index in [1.54, 1.807) is 6.20 Å². The van der Waals surface area contributed by atoms with Crippen LogP contribution in [0.5, 0.6) is 0 Å². The highest BCUT2D eigenvalue weighted by Gasteiger charge is 2.19. The summed E-state index contributed by atoms with van der Waals surface area (Å²) in [5, 5.41) is 5.96. The topological polar surface area (TPSA) is 83.0 Å². The molecular formula is C12H14N6OS. The molecule has 0 spiro atoms. The number of hydrogen-bond acceptors (Lipinski definition) is 6. The van der Waals surface area contributed by atoms with E-state index in [1.165, 1.54) is 28.6 Å². The number of fused-ring (bicyclic) bond motifs is 1. The zero-order valence-corrected chi connectivity index (χ0v) is 11.8. The zero-order chi connectivity index (χ0) is 13.9. The van der Waals surface area contributed by atoms with E-state index < -0.39 is 0 Å². The van der Waals surface area contributed by atoms with Gasteiger partial charge in [0.05, 0.1) is 11.9 Å². The fraction of sp³-hybridized carbons (Fsp3) is 0.333. The first-order valence-electron chi connectivity index (χ1n) is 6.22. The maximum absolute atomic E-state index is 11.8. The van der Waals surface area contributed by atoms with Gasteiger partial charge in [-0.2, -0.15) is 0 Å². The lowest BCUT2D eigenvalue weighted by Gasteiger charge is -2.20. The number of hydrogen-bond donors (Lipinski definition) is 2. The molecule has 1 aliphatic heterocycles. The number of carbonyl (C=O) groups excluding carboxylic acids is 1. The molecule has 2 amide bonds. The van der Waals surface area contributed by atoms with Crippen molar-refractivity contribution in [1.29, 1.82) is 0 Å². The molecule has 0 bridgehead atoms. The fourth-order valence-electron chi connectivity index (χ4n) is 1.98. The number of urea groups is 1. The Kier molecular flexibility index (Phi) is 3.57. The van der Waals surface area contributed by atoms with Gasteiger partial charge >= 0.3 is 6.03 Å². The van der Waals surface area contributed by atoms with Crippen LogP contribution >= 0.6 is 11.3 Å². The lowest BCUT2D eigenvalue weighted by atomic mass is 10.2. The van der Waals surface area contributed by atoms with Crippen molar-refractivity contribution < 1.29 is 4.79 Å². The van der Waals surface area contributed by atoms with Crippen LogP contribution in [0.15, 0.2) is 18.6 Å². The van der Waals surface area contributed by atoms with E-state index in [2.05, 4.69) is 37.5 Å². The van der Waals surface area contributed by atoms with Gasteiger partial charge in [0.1, 0.15) is 0 Å². The van der Waals surface area contributed by atoms with E-state index >= 15 is 0 Å². The summed E-state index contributed by atoms with van der Waals surface area (Å²) in [4.78, 5) is 27.6. The molecule has 7 nitrogen and oxygen atoms in total. The van der Waals surface area contributed by atoms with Crippen LogP contribution in [0.2, 0.25) is 0 Å². The molecule has 104 valence electrons. The van der Waals surface area contributed by atoms with Gasteiger partial charge in [-0.3, -0.25) is 15.6 Å². The van der Waals surface area contributed by atoms with Crippen molar-refractivity contribution in [3.8, 4) is 0 Å². The molecule has 0 saturated heterocycles. The highest BCUT2D eigenvalue weighted by Crippen LogP contribution is 2.27. The Morgan fingerprint density at radius 3 is 3.10 bits per heavy atom. The summed E-state index contributed by atoms with van der Waals surface area (Å²) in [5.41, 5.74) is 1.09. The molecule has 1 aliphatic rings. The van der Waals surface area contributed by atoms with Crippen LogP contribution in [-0.4, -0.2) is 39.5 Å². The molecule has 0 aliphatic carbocycles. The predicted octanol–water partition coefficient (Wildman–Crippen LogP) is 1.56. The second-order valence-electron chi connectivity index (χ2n) is 4.55. The second-order valence-corrected chi connectivity index (χ2v) is 5.63. The Hall–Kier alpha value is -2.06. The largest absolute Gasteiger partial charge is 0.326 e. The van der Waals surface area contributed by atoms with E-state index in [0.29, 0.717) is 10.9 Å². The quantitative estimate of drug-likeness (QED) is 0.877. The average Bonchev–Trinajstić information content (AvgIpc) is 2.80. The molecule has 2 N–H and O–H groups in total. The third-order valence-electron chi connectivity index (χ3n) is 2.95. The molecule has 3 heterocycles. The molecule has 8 heteroatoms. The fourth-order valence-corrected chi connectivity index (χ4v) is 3.07. The van der Waals surface area contributed by atoms with E-state index in [1.807, 2.05) is 0 Å². The van der Waals surface area contributed by atoms with Crippen molar-refractivity contribution in [1.82, 2.24) is 19.9 Å². The summed E-state index contributed by atoms with van der Waals surface area (Å²) >= 11 is 1.52. The number of nitrogens with one attached hydrogen (secondary N) is 2. The van der Waals surface area contributed by atoms with Crippen LogP contribution in [0.25, 0.3) is 0 Å². The number of likely N-dealkylation sites (N-methyl/N-ethyl adjacent to an activating group) is 1. The van der Waals surface area contributed by atoms with Gasteiger partial charge in [-0.05, 0) is 7.05 Å². The molecule has 0 aromatic carbocycles. The van der Waals surface area contributed by atoms with Gasteiger partial charge in [0, 0.05) is 36.8 Å².